The summed E-state index contributed by atoms with van der Waals surface area (Å²) in [6, 6.07) is 7.39. The van der Waals surface area contributed by atoms with Gasteiger partial charge in [-0.3, -0.25) is 0 Å². The minimum Gasteiger partial charge on any atom is -0.487 e. The summed E-state index contributed by atoms with van der Waals surface area (Å²) in [5, 5.41) is 3.20. The summed E-state index contributed by atoms with van der Waals surface area (Å²) in [6.07, 6.45) is 0. The van der Waals surface area contributed by atoms with Crippen LogP contribution in [0.15, 0.2) is 29.6 Å². The van der Waals surface area contributed by atoms with Crippen LogP contribution in [0.4, 0.5) is 5.69 Å². The molecule has 4 heteroatoms. The summed E-state index contributed by atoms with van der Waals surface area (Å²) in [6.45, 7) is 4.79. The molecule has 2 N–H and O–H groups in total. The lowest BCUT2D eigenvalue weighted by Crippen LogP contribution is -1.97. The molecule has 0 bridgehead atoms. The highest BCUT2D eigenvalue weighted by atomic mass is 32.1. The topological polar surface area (TPSA) is 48.1 Å². The average Bonchev–Trinajstić information content (AvgIpc) is 2.77. The maximum absolute atomic E-state index is 5.63. The average molecular weight is 248 g/mol. The van der Waals surface area contributed by atoms with E-state index in [0.29, 0.717) is 12.5 Å². The summed E-state index contributed by atoms with van der Waals surface area (Å²) >= 11 is 1.68. The fourth-order valence-corrected chi connectivity index (χ4v) is 2.20. The molecule has 1 aromatic heterocycles. The molecule has 0 radical (unpaired) electrons. The summed E-state index contributed by atoms with van der Waals surface area (Å²) in [7, 11) is 0. The minimum atomic E-state index is 0.477. The van der Waals surface area contributed by atoms with E-state index < -0.39 is 0 Å². The maximum atomic E-state index is 5.63. The van der Waals surface area contributed by atoms with Crippen LogP contribution in [-0.2, 0) is 6.61 Å². The lowest BCUT2D eigenvalue weighted by Gasteiger charge is -2.04. The predicted molar refractivity (Wildman–Crippen MR) is 71.4 cm³/mol. The van der Waals surface area contributed by atoms with E-state index in [1.165, 1.54) is 0 Å². The SMILES string of the molecule is CC(C)c1nc(COc2ccc(N)cc2)cs1. The van der Waals surface area contributed by atoms with Gasteiger partial charge in [0.1, 0.15) is 12.4 Å². The molecule has 3 nitrogen and oxygen atoms in total. The number of nitrogen functional groups attached to an aromatic ring is 1. The van der Waals surface area contributed by atoms with Gasteiger partial charge in [-0.05, 0) is 24.3 Å². The monoisotopic (exact) mass is 248 g/mol. The highest BCUT2D eigenvalue weighted by molar-refractivity contribution is 7.09. The summed E-state index contributed by atoms with van der Waals surface area (Å²) in [5.74, 6) is 1.29. The normalized spacial score (nSPS) is 10.8. The Bertz CT molecular complexity index is 476. The molecule has 0 atom stereocenters. The Labute approximate surface area is 105 Å². The molecule has 0 spiro atoms. The van der Waals surface area contributed by atoms with Crippen LogP contribution in [0, 0.1) is 0 Å². The highest BCUT2D eigenvalue weighted by Gasteiger charge is 2.06. The highest BCUT2D eigenvalue weighted by Crippen LogP contribution is 2.20. The number of anilines is 1. The summed E-state index contributed by atoms with van der Waals surface area (Å²) in [5.41, 5.74) is 7.33. The number of benzene rings is 1. The van der Waals surface area contributed by atoms with E-state index in [-0.39, 0.29) is 0 Å². The van der Waals surface area contributed by atoms with E-state index in [1.807, 2.05) is 29.6 Å². The molecular weight excluding hydrogens is 232 g/mol. The second kappa shape index (κ2) is 5.19. The molecule has 0 fully saturated rings. The standard InChI is InChI=1S/C13H16N2OS/c1-9(2)13-15-11(8-17-13)7-16-12-5-3-10(14)4-6-12/h3-6,8-9H,7,14H2,1-2H3. The maximum Gasteiger partial charge on any atom is 0.131 e. The van der Waals surface area contributed by atoms with E-state index >= 15 is 0 Å². The van der Waals surface area contributed by atoms with Crippen molar-refractivity contribution in [3.05, 3.63) is 40.3 Å². The van der Waals surface area contributed by atoms with Gasteiger partial charge < -0.3 is 10.5 Å². The number of thiazole rings is 1. The largest absolute Gasteiger partial charge is 0.487 e. The van der Waals surface area contributed by atoms with Crippen LogP contribution in [0.5, 0.6) is 5.75 Å². The Morgan fingerprint density at radius 3 is 2.59 bits per heavy atom. The van der Waals surface area contributed by atoms with Crippen LogP contribution >= 0.6 is 11.3 Å². The first-order chi connectivity index (χ1) is 8.15. The first-order valence-electron chi connectivity index (χ1n) is 5.58. The summed E-state index contributed by atoms with van der Waals surface area (Å²) in [4.78, 5) is 4.51. The van der Waals surface area contributed by atoms with E-state index in [4.69, 9.17) is 10.5 Å². The number of aromatic nitrogens is 1. The Hall–Kier alpha value is -1.55. The second-order valence-corrected chi connectivity index (χ2v) is 5.08. The van der Waals surface area contributed by atoms with Crippen LogP contribution in [-0.4, -0.2) is 4.98 Å². The van der Waals surface area contributed by atoms with Gasteiger partial charge in [0.2, 0.25) is 0 Å². The fourth-order valence-electron chi connectivity index (χ4n) is 1.38. The van der Waals surface area contributed by atoms with Crippen molar-refractivity contribution in [1.29, 1.82) is 0 Å². The van der Waals surface area contributed by atoms with Gasteiger partial charge in [-0.25, -0.2) is 4.98 Å². The van der Waals surface area contributed by atoms with E-state index in [1.54, 1.807) is 11.3 Å². The van der Waals surface area contributed by atoms with Crippen molar-refractivity contribution in [3.8, 4) is 5.75 Å². The number of rotatable bonds is 4. The van der Waals surface area contributed by atoms with Crippen molar-refractivity contribution in [2.75, 3.05) is 5.73 Å². The lowest BCUT2D eigenvalue weighted by molar-refractivity contribution is 0.302. The molecule has 17 heavy (non-hydrogen) atoms. The molecule has 0 saturated carbocycles. The van der Waals surface area contributed by atoms with Gasteiger partial charge in [-0.1, -0.05) is 13.8 Å². The van der Waals surface area contributed by atoms with Gasteiger partial charge in [0.05, 0.1) is 10.7 Å². The molecule has 0 aliphatic carbocycles. The van der Waals surface area contributed by atoms with Gasteiger partial charge in [0.15, 0.2) is 0 Å². The van der Waals surface area contributed by atoms with Crippen molar-refractivity contribution in [1.82, 2.24) is 4.98 Å². The van der Waals surface area contributed by atoms with Gasteiger partial charge in [-0.15, -0.1) is 11.3 Å². The van der Waals surface area contributed by atoms with Crippen LogP contribution < -0.4 is 10.5 Å². The van der Waals surface area contributed by atoms with Gasteiger partial charge >= 0.3 is 0 Å². The zero-order valence-electron chi connectivity index (χ0n) is 10.0. The molecule has 0 saturated heterocycles. The van der Waals surface area contributed by atoms with Crippen LogP contribution in [0.2, 0.25) is 0 Å². The molecule has 0 unspecified atom stereocenters. The van der Waals surface area contributed by atoms with Gasteiger partial charge in [0.25, 0.3) is 0 Å². The Kier molecular flexibility index (Phi) is 3.64. The molecular formula is C13H16N2OS. The first kappa shape index (κ1) is 11.9. The number of nitrogens with two attached hydrogens (primary N) is 1. The van der Waals surface area contributed by atoms with Gasteiger partial charge in [-0.2, -0.15) is 0 Å². The Balaban J connectivity index is 1.95. The van der Waals surface area contributed by atoms with Crippen LogP contribution in [0.25, 0.3) is 0 Å². The van der Waals surface area contributed by atoms with Crippen LogP contribution in [0.1, 0.15) is 30.5 Å². The number of ether oxygens (including phenoxy) is 1. The van der Waals surface area contributed by atoms with Crippen molar-refractivity contribution in [2.45, 2.75) is 26.4 Å². The number of nitrogens with zero attached hydrogens (tertiary/aromatic N) is 1. The third-order valence-corrected chi connectivity index (χ3v) is 3.52. The van der Waals surface area contributed by atoms with Crippen molar-refractivity contribution < 1.29 is 4.74 Å². The molecule has 1 aromatic carbocycles. The zero-order chi connectivity index (χ0) is 12.3. The lowest BCUT2D eigenvalue weighted by atomic mass is 10.2. The second-order valence-electron chi connectivity index (χ2n) is 4.19. The zero-order valence-corrected chi connectivity index (χ0v) is 10.8. The van der Waals surface area contributed by atoms with Crippen LogP contribution in [0.3, 0.4) is 0 Å². The molecule has 90 valence electrons. The minimum absolute atomic E-state index is 0.477. The third kappa shape index (κ3) is 3.20. The molecule has 0 amide bonds. The fraction of sp³-hybridized carbons (Fsp3) is 0.308. The number of hydrogen-bond donors (Lipinski definition) is 1. The Morgan fingerprint density at radius 2 is 2.00 bits per heavy atom. The van der Waals surface area contributed by atoms with E-state index in [0.717, 1.165) is 22.1 Å². The van der Waals surface area contributed by atoms with E-state index in [2.05, 4.69) is 18.8 Å². The predicted octanol–water partition coefficient (Wildman–Crippen LogP) is 3.43. The Morgan fingerprint density at radius 1 is 1.29 bits per heavy atom. The summed E-state index contributed by atoms with van der Waals surface area (Å²) < 4.78 is 5.63. The van der Waals surface area contributed by atoms with Crippen molar-refractivity contribution in [3.63, 3.8) is 0 Å². The smallest absolute Gasteiger partial charge is 0.131 e. The number of hydrogen-bond acceptors (Lipinski definition) is 4. The van der Waals surface area contributed by atoms with Crippen molar-refractivity contribution >= 4 is 17.0 Å². The first-order valence-corrected chi connectivity index (χ1v) is 6.46. The van der Waals surface area contributed by atoms with E-state index in [9.17, 15) is 0 Å². The quantitative estimate of drug-likeness (QED) is 0.843. The third-order valence-electron chi connectivity index (χ3n) is 2.33. The van der Waals surface area contributed by atoms with Crippen molar-refractivity contribution in [2.24, 2.45) is 0 Å². The molecule has 0 aliphatic heterocycles. The molecule has 2 rings (SSSR count). The molecule has 0 aliphatic rings. The van der Waals surface area contributed by atoms with Gasteiger partial charge in [0, 0.05) is 17.0 Å². The molecule has 1 heterocycles. The molecule has 2 aromatic rings.